The summed E-state index contributed by atoms with van der Waals surface area (Å²) in [6.45, 7) is 6.08. The van der Waals surface area contributed by atoms with E-state index in [1.807, 2.05) is 43.0 Å². The maximum Gasteiger partial charge on any atom is 0.222 e. The van der Waals surface area contributed by atoms with Crippen molar-refractivity contribution in [1.29, 1.82) is 0 Å². The molecule has 1 N–H and O–H groups in total. The summed E-state index contributed by atoms with van der Waals surface area (Å²) in [5, 5.41) is 3.09. The standard InChI is InChI=1S/C20H30N2O3/c1-3-7-20(24)22-13-11-17(12-14-22)21-19(23)10-6-15-25-18-9-5-4-8-16(18)2/h4-5,8-9,17H,3,6-7,10-15H2,1-2H3,(H,21,23). The first-order chi connectivity index (χ1) is 12.1. The summed E-state index contributed by atoms with van der Waals surface area (Å²) in [6.07, 6.45) is 4.38. The Balaban J connectivity index is 1.60. The number of para-hydroxylation sites is 1. The first kappa shape index (κ1) is 19.3. The van der Waals surface area contributed by atoms with E-state index in [2.05, 4.69) is 5.32 Å². The smallest absolute Gasteiger partial charge is 0.222 e. The monoisotopic (exact) mass is 346 g/mol. The Labute approximate surface area is 150 Å². The summed E-state index contributed by atoms with van der Waals surface area (Å²) in [5.41, 5.74) is 1.11. The number of nitrogens with one attached hydrogen (secondary N) is 1. The third-order valence-electron chi connectivity index (χ3n) is 4.58. The van der Waals surface area contributed by atoms with Gasteiger partial charge in [0.25, 0.3) is 0 Å². The number of aryl methyl sites for hydroxylation is 1. The van der Waals surface area contributed by atoms with E-state index in [-0.39, 0.29) is 17.9 Å². The van der Waals surface area contributed by atoms with Gasteiger partial charge in [0, 0.05) is 32.0 Å². The summed E-state index contributed by atoms with van der Waals surface area (Å²) >= 11 is 0. The van der Waals surface area contributed by atoms with E-state index in [0.717, 1.165) is 43.7 Å². The van der Waals surface area contributed by atoms with Crippen LogP contribution in [0.25, 0.3) is 0 Å². The van der Waals surface area contributed by atoms with Gasteiger partial charge in [0.1, 0.15) is 5.75 Å². The minimum absolute atomic E-state index is 0.0757. The van der Waals surface area contributed by atoms with Crippen LogP contribution in [0.4, 0.5) is 0 Å². The molecule has 1 aliphatic heterocycles. The van der Waals surface area contributed by atoms with Gasteiger partial charge in [0.15, 0.2) is 0 Å². The number of ether oxygens (including phenoxy) is 1. The molecule has 1 aliphatic rings. The van der Waals surface area contributed by atoms with Gasteiger partial charge in [-0.3, -0.25) is 9.59 Å². The molecule has 1 saturated heterocycles. The average Bonchev–Trinajstić information content (AvgIpc) is 2.61. The van der Waals surface area contributed by atoms with Crippen molar-refractivity contribution < 1.29 is 14.3 Å². The van der Waals surface area contributed by atoms with Crippen LogP contribution in [-0.4, -0.2) is 42.5 Å². The molecule has 1 fully saturated rings. The average molecular weight is 346 g/mol. The van der Waals surface area contributed by atoms with Gasteiger partial charge in [0.05, 0.1) is 6.61 Å². The molecule has 0 atom stereocenters. The second-order valence-corrected chi connectivity index (χ2v) is 6.69. The number of piperidine rings is 1. The van der Waals surface area contributed by atoms with E-state index in [1.54, 1.807) is 0 Å². The lowest BCUT2D eigenvalue weighted by Crippen LogP contribution is -2.46. The second-order valence-electron chi connectivity index (χ2n) is 6.69. The molecule has 0 spiro atoms. The molecule has 2 rings (SSSR count). The number of hydrogen-bond donors (Lipinski definition) is 1. The van der Waals surface area contributed by atoms with Gasteiger partial charge in [-0.05, 0) is 44.2 Å². The number of hydrogen-bond acceptors (Lipinski definition) is 3. The van der Waals surface area contributed by atoms with Crippen molar-refractivity contribution in [3.05, 3.63) is 29.8 Å². The normalized spacial score (nSPS) is 15.0. The van der Waals surface area contributed by atoms with Gasteiger partial charge in [-0.15, -0.1) is 0 Å². The number of rotatable bonds is 8. The molecule has 1 heterocycles. The van der Waals surface area contributed by atoms with Crippen molar-refractivity contribution in [3.8, 4) is 5.75 Å². The van der Waals surface area contributed by atoms with E-state index in [4.69, 9.17) is 4.74 Å². The third-order valence-corrected chi connectivity index (χ3v) is 4.58. The summed E-state index contributed by atoms with van der Waals surface area (Å²) in [4.78, 5) is 25.8. The zero-order chi connectivity index (χ0) is 18.1. The molecule has 138 valence electrons. The number of carbonyl (C=O) groups is 2. The fraction of sp³-hybridized carbons (Fsp3) is 0.600. The molecule has 0 aromatic heterocycles. The van der Waals surface area contributed by atoms with Gasteiger partial charge in [-0.2, -0.15) is 0 Å². The van der Waals surface area contributed by atoms with E-state index >= 15 is 0 Å². The molecule has 0 saturated carbocycles. The van der Waals surface area contributed by atoms with Crippen LogP contribution in [-0.2, 0) is 9.59 Å². The lowest BCUT2D eigenvalue weighted by atomic mass is 10.0. The number of nitrogens with zero attached hydrogens (tertiary/aromatic N) is 1. The van der Waals surface area contributed by atoms with Crippen LogP contribution < -0.4 is 10.1 Å². The minimum Gasteiger partial charge on any atom is -0.493 e. The highest BCUT2D eigenvalue weighted by atomic mass is 16.5. The highest BCUT2D eigenvalue weighted by Gasteiger charge is 2.23. The Morgan fingerprint density at radius 3 is 2.60 bits per heavy atom. The van der Waals surface area contributed by atoms with Gasteiger partial charge < -0.3 is 15.0 Å². The van der Waals surface area contributed by atoms with Crippen molar-refractivity contribution in [3.63, 3.8) is 0 Å². The van der Waals surface area contributed by atoms with Crippen molar-refractivity contribution in [2.75, 3.05) is 19.7 Å². The Hall–Kier alpha value is -2.04. The molecular formula is C20H30N2O3. The molecule has 1 aromatic rings. The summed E-state index contributed by atoms with van der Waals surface area (Å²) in [5.74, 6) is 1.19. The first-order valence-electron chi connectivity index (χ1n) is 9.35. The summed E-state index contributed by atoms with van der Waals surface area (Å²) in [7, 11) is 0. The van der Waals surface area contributed by atoms with Gasteiger partial charge >= 0.3 is 0 Å². The van der Waals surface area contributed by atoms with Gasteiger partial charge in [-0.25, -0.2) is 0 Å². The SMILES string of the molecule is CCCC(=O)N1CCC(NC(=O)CCCOc2ccccc2C)CC1. The first-order valence-corrected chi connectivity index (χ1v) is 9.35. The third kappa shape index (κ3) is 6.40. The van der Waals surface area contributed by atoms with Crippen LogP contribution in [0.2, 0.25) is 0 Å². The van der Waals surface area contributed by atoms with Crippen molar-refractivity contribution in [1.82, 2.24) is 10.2 Å². The number of carbonyl (C=O) groups excluding carboxylic acids is 2. The minimum atomic E-state index is 0.0757. The number of benzene rings is 1. The van der Waals surface area contributed by atoms with Crippen LogP contribution in [0.3, 0.4) is 0 Å². The van der Waals surface area contributed by atoms with E-state index in [0.29, 0.717) is 25.9 Å². The summed E-state index contributed by atoms with van der Waals surface area (Å²) < 4.78 is 5.72. The quantitative estimate of drug-likeness (QED) is 0.736. The van der Waals surface area contributed by atoms with Crippen LogP contribution in [0.5, 0.6) is 5.75 Å². The fourth-order valence-electron chi connectivity index (χ4n) is 3.08. The molecule has 5 nitrogen and oxygen atoms in total. The zero-order valence-electron chi connectivity index (χ0n) is 15.4. The topological polar surface area (TPSA) is 58.6 Å². The molecule has 0 aliphatic carbocycles. The van der Waals surface area contributed by atoms with Crippen LogP contribution >= 0.6 is 0 Å². The lowest BCUT2D eigenvalue weighted by molar-refractivity contribution is -0.132. The molecule has 0 unspecified atom stereocenters. The van der Waals surface area contributed by atoms with E-state index in [1.165, 1.54) is 0 Å². The zero-order valence-corrected chi connectivity index (χ0v) is 15.4. The van der Waals surface area contributed by atoms with E-state index < -0.39 is 0 Å². The molecule has 2 amide bonds. The molecule has 0 radical (unpaired) electrons. The molecule has 0 bridgehead atoms. The number of likely N-dealkylation sites (tertiary alicyclic amines) is 1. The predicted molar refractivity (Wildman–Crippen MR) is 98.6 cm³/mol. The van der Waals surface area contributed by atoms with Crippen molar-refractivity contribution in [2.24, 2.45) is 0 Å². The maximum atomic E-state index is 12.1. The molecular weight excluding hydrogens is 316 g/mol. The van der Waals surface area contributed by atoms with E-state index in [9.17, 15) is 9.59 Å². The lowest BCUT2D eigenvalue weighted by Gasteiger charge is -2.32. The Bertz CT molecular complexity index is 566. The van der Waals surface area contributed by atoms with Crippen LogP contribution in [0.1, 0.15) is 51.0 Å². The van der Waals surface area contributed by atoms with Crippen molar-refractivity contribution >= 4 is 11.8 Å². The predicted octanol–water partition coefficient (Wildman–Crippen LogP) is 3.06. The fourth-order valence-corrected chi connectivity index (χ4v) is 3.08. The largest absolute Gasteiger partial charge is 0.493 e. The maximum absolute atomic E-state index is 12.1. The highest BCUT2D eigenvalue weighted by Crippen LogP contribution is 2.16. The van der Waals surface area contributed by atoms with Gasteiger partial charge in [-0.1, -0.05) is 25.1 Å². The Morgan fingerprint density at radius 2 is 1.92 bits per heavy atom. The molecule has 25 heavy (non-hydrogen) atoms. The second kappa shape index (κ2) is 10.1. The molecule has 1 aromatic carbocycles. The Kier molecular flexibility index (Phi) is 7.76. The van der Waals surface area contributed by atoms with Crippen LogP contribution in [0.15, 0.2) is 24.3 Å². The molecule has 5 heteroatoms. The number of amides is 2. The van der Waals surface area contributed by atoms with Crippen LogP contribution in [0, 0.1) is 6.92 Å². The highest BCUT2D eigenvalue weighted by molar-refractivity contribution is 5.77. The Morgan fingerprint density at radius 1 is 1.20 bits per heavy atom. The summed E-state index contributed by atoms with van der Waals surface area (Å²) in [6, 6.07) is 8.09. The van der Waals surface area contributed by atoms with Gasteiger partial charge in [0.2, 0.25) is 11.8 Å². The van der Waals surface area contributed by atoms with Crippen molar-refractivity contribution in [2.45, 2.75) is 58.4 Å².